The largest absolute Gasteiger partial charge is 0.415 e. The van der Waals surface area contributed by atoms with Gasteiger partial charge in [-0.3, -0.25) is 9.35 Å². The highest BCUT2D eigenvalue weighted by molar-refractivity contribution is 14.1. The van der Waals surface area contributed by atoms with Crippen molar-refractivity contribution in [3.05, 3.63) is 30.9 Å². The van der Waals surface area contributed by atoms with Crippen molar-refractivity contribution in [3.63, 3.8) is 0 Å². The normalized spacial score (nSPS) is 14.4. The fourth-order valence-electron chi connectivity index (χ4n) is 1.39. The highest BCUT2D eigenvalue weighted by Gasteiger charge is 2.64. The molecule has 1 atom stereocenters. The van der Waals surface area contributed by atoms with E-state index in [2.05, 4.69) is 0 Å². The van der Waals surface area contributed by atoms with Gasteiger partial charge < -0.3 is 5.32 Å². The van der Waals surface area contributed by atoms with Crippen LogP contribution in [0.2, 0.25) is 0 Å². The summed E-state index contributed by atoms with van der Waals surface area (Å²) in [7, 11) is -6.40. The van der Waals surface area contributed by atoms with Crippen molar-refractivity contribution in [1.29, 1.82) is 0 Å². The number of benzene rings is 1. The number of nitrogens with one attached hydrogen (secondary N) is 1. The monoisotopic (exact) mass is 585 g/mol. The van der Waals surface area contributed by atoms with Gasteiger partial charge in [-0.2, -0.15) is 30.4 Å². The molecule has 23 heavy (non-hydrogen) atoms. The first kappa shape index (κ1) is 20.8. The molecule has 13 heteroatoms. The smallest absolute Gasteiger partial charge is 0.334 e. The molecular formula is C10H6F5I2NO4S. The Kier molecular flexibility index (Phi) is 6.23. The minimum Gasteiger partial charge on any atom is -0.334 e. The minimum atomic E-state index is -6.40. The zero-order valence-corrected chi connectivity index (χ0v) is 15.7. The van der Waals surface area contributed by atoms with E-state index in [9.17, 15) is 35.2 Å². The summed E-state index contributed by atoms with van der Waals surface area (Å²) in [5, 5.41) is -4.72. The van der Waals surface area contributed by atoms with Gasteiger partial charge in [-0.25, -0.2) is 0 Å². The van der Waals surface area contributed by atoms with Crippen LogP contribution in [0.1, 0.15) is 10.4 Å². The SMILES string of the molecule is O=C(NC(C(F)(F)F)C(F)(F)S(=O)(=O)O)c1ccc(I)cc1I. The lowest BCUT2D eigenvalue weighted by Gasteiger charge is -2.27. The van der Waals surface area contributed by atoms with Gasteiger partial charge >= 0.3 is 21.5 Å². The van der Waals surface area contributed by atoms with Gasteiger partial charge in [0.1, 0.15) is 0 Å². The summed E-state index contributed by atoms with van der Waals surface area (Å²) in [6.45, 7) is 0. The molecule has 0 aliphatic rings. The summed E-state index contributed by atoms with van der Waals surface area (Å²) in [5.41, 5.74) is -0.355. The summed E-state index contributed by atoms with van der Waals surface area (Å²) in [5.74, 6) is -1.56. The maximum atomic E-state index is 13.4. The Balaban J connectivity index is 3.25. The van der Waals surface area contributed by atoms with E-state index in [-0.39, 0.29) is 9.13 Å². The molecule has 0 saturated carbocycles. The zero-order valence-electron chi connectivity index (χ0n) is 10.5. The van der Waals surface area contributed by atoms with Gasteiger partial charge in [-0.1, -0.05) is 0 Å². The molecule has 0 heterocycles. The molecule has 1 unspecified atom stereocenters. The number of carbonyl (C=O) groups is 1. The zero-order chi connectivity index (χ0) is 18.2. The van der Waals surface area contributed by atoms with Gasteiger partial charge in [0.05, 0.1) is 5.56 Å². The van der Waals surface area contributed by atoms with Crippen LogP contribution in [0.5, 0.6) is 0 Å². The van der Waals surface area contributed by atoms with Gasteiger partial charge in [0.25, 0.3) is 5.91 Å². The average molecular weight is 585 g/mol. The van der Waals surface area contributed by atoms with Crippen LogP contribution in [0.15, 0.2) is 18.2 Å². The lowest BCUT2D eigenvalue weighted by molar-refractivity contribution is -0.191. The fourth-order valence-corrected chi connectivity index (χ4v) is 3.73. The van der Waals surface area contributed by atoms with E-state index in [0.717, 1.165) is 11.4 Å². The van der Waals surface area contributed by atoms with E-state index in [1.54, 1.807) is 22.6 Å². The molecular weight excluding hydrogens is 579 g/mol. The molecule has 1 rings (SSSR count). The molecule has 130 valence electrons. The van der Waals surface area contributed by atoms with Crippen LogP contribution >= 0.6 is 45.2 Å². The van der Waals surface area contributed by atoms with Crippen LogP contribution in [-0.2, 0) is 10.1 Å². The van der Waals surface area contributed by atoms with Gasteiger partial charge in [-0.15, -0.1) is 0 Å². The Hall–Kier alpha value is -0.290. The number of hydrogen-bond acceptors (Lipinski definition) is 3. The van der Waals surface area contributed by atoms with Crippen molar-refractivity contribution in [2.24, 2.45) is 0 Å². The number of carbonyl (C=O) groups excluding carboxylic acids is 1. The Bertz CT molecular complexity index is 722. The molecule has 1 amide bonds. The summed E-state index contributed by atoms with van der Waals surface area (Å²) >= 11 is 3.46. The standard InChI is InChI=1S/C10H6F5I2NO4S/c11-9(12,13)8(10(14,15)23(20,21)22)18-7(19)5-2-1-4(16)3-6(5)17/h1-3,8H,(H,18,19)(H,20,21,22). The van der Waals surface area contributed by atoms with E-state index in [1.165, 1.54) is 12.1 Å². The number of amides is 1. The third kappa shape index (κ3) is 4.85. The quantitative estimate of drug-likeness (QED) is 0.324. The summed E-state index contributed by atoms with van der Waals surface area (Å²) in [6, 6.07) is -0.258. The summed E-state index contributed by atoms with van der Waals surface area (Å²) in [6.07, 6.45) is -5.82. The topological polar surface area (TPSA) is 83.5 Å². The molecule has 0 aliphatic heterocycles. The van der Waals surface area contributed by atoms with Gasteiger partial charge in [0.2, 0.25) is 6.04 Å². The number of hydrogen-bond donors (Lipinski definition) is 2. The van der Waals surface area contributed by atoms with E-state index in [0.29, 0.717) is 3.57 Å². The van der Waals surface area contributed by atoms with Crippen LogP contribution in [-0.4, -0.2) is 36.4 Å². The Morgan fingerprint density at radius 1 is 1.17 bits per heavy atom. The molecule has 0 bridgehead atoms. The maximum Gasteiger partial charge on any atom is 0.415 e. The van der Waals surface area contributed by atoms with Crippen LogP contribution in [0.4, 0.5) is 22.0 Å². The van der Waals surface area contributed by atoms with E-state index in [4.69, 9.17) is 4.55 Å². The third-order valence-electron chi connectivity index (χ3n) is 2.46. The van der Waals surface area contributed by atoms with Crippen LogP contribution in [0.3, 0.4) is 0 Å². The van der Waals surface area contributed by atoms with E-state index >= 15 is 0 Å². The minimum absolute atomic E-state index is 0.170. The summed E-state index contributed by atoms with van der Waals surface area (Å²) in [4.78, 5) is 11.8. The van der Waals surface area contributed by atoms with Crippen molar-refractivity contribution in [3.8, 4) is 0 Å². The first-order chi connectivity index (χ1) is 10.2. The second kappa shape index (κ2) is 6.91. The second-order valence-electron chi connectivity index (χ2n) is 4.11. The van der Waals surface area contributed by atoms with Gasteiger partial charge in [0, 0.05) is 7.14 Å². The molecule has 0 fully saturated rings. The van der Waals surface area contributed by atoms with Gasteiger partial charge in [-0.05, 0) is 63.4 Å². The van der Waals surface area contributed by atoms with E-state index in [1.807, 2.05) is 22.6 Å². The maximum absolute atomic E-state index is 13.4. The molecule has 0 radical (unpaired) electrons. The molecule has 0 spiro atoms. The van der Waals surface area contributed by atoms with E-state index < -0.39 is 33.5 Å². The van der Waals surface area contributed by atoms with Crippen molar-refractivity contribution >= 4 is 61.2 Å². The van der Waals surface area contributed by atoms with Crippen molar-refractivity contribution < 1.29 is 39.7 Å². The molecule has 2 N–H and O–H groups in total. The second-order valence-corrected chi connectivity index (χ2v) is 8.01. The predicted molar refractivity (Wildman–Crippen MR) is 85.7 cm³/mol. The Labute approximate surface area is 154 Å². The molecule has 1 aromatic carbocycles. The van der Waals surface area contributed by atoms with Gasteiger partial charge in [0.15, 0.2) is 0 Å². The van der Waals surface area contributed by atoms with Crippen LogP contribution < -0.4 is 5.32 Å². The fraction of sp³-hybridized carbons (Fsp3) is 0.300. The highest BCUT2D eigenvalue weighted by atomic mass is 127. The first-order valence-corrected chi connectivity index (χ1v) is 8.95. The van der Waals surface area contributed by atoms with Crippen molar-refractivity contribution in [2.45, 2.75) is 17.5 Å². The first-order valence-electron chi connectivity index (χ1n) is 5.35. The molecule has 1 aromatic rings. The Morgan fingerprint density at radius 2 is 1.70 bits per heavy atom. The van der Waals surface area contributed by atoms with Crippen molar-refractivity contribution in [1.82, 2.24) is 5.32 Å². The third-order valence-corrected chi connectivity index (χ3v) is 4.95. The molecule has 0 aromatic heterocycles. The lowest BCUT2D eigenvalue weighted by Crippen LogP contribution is -2.59. The lowest BCUT2D eigenvalue weighted by atomic mass is 10.2. The summed E-state index contributed by atoms with van der Waals surface area (Å²) < 4.78 is 95.0. The molecule has 5 nitrogen and oxygen atoms in total. The van der Waals surface area contributed by atoms with Crippen molar-refractivity contribution in [2.75, 3.05) is 0 Å². The van der Waals surface area contributed by atoms with Crippen LogP contribution in [0.25, 0.3) is 0 Å². The number of alkyl halides is 5. The molecule has 0 saturated heterocycles. The Morgan fingerprint density at radius 3 is 2.09 bits per heavy atom. The highest BCUT2D eigenvalue weighted by Crippen LogP contribution is 2.36. The average Bonchev–Trinajstić information content (AvgIpc) is 2.32. The predicted octanol–water partition coefficient (Wildman–Crippen LogP) is 3.04. The van der Waals surface area contributed by atoms with Crippen LogP contribution in [0, 0.1) is 7.14 Å². The number of rotatable bonds is 4. The molecule has 0 aliphatic carbocycles. The number of halogens is 7.